The van der Waals surface area contributed by atoms with Gasteiger partial charge in [-0.1, -0.05) is 91.0 Å². The molecular weight excluding hydrogens is 420 g/mol. The van der Waals surface area contributed by atoms with Crippen LogP contribution in [0.25, 0.3) is 33.8 Å². The van der Waals surface area contributed by atoms with Crippen molar-refractivity contribution in [2.24, 2.45) is 0 Å². The molecule has 0 saturated heterocycles. The number of benzene rings is 3. The van der Waals surface area contributed by atoms with Gasteiger partial charge in [0.25, 0.3) is 0 Å². The summed E-state index contributed by atoms with van der Waals surface area (Å²) in [6.45, 7) is 0. The van der Waals surface area contributed by atoms with Crippen LogP contribution in [-0.2, 0) is 0 Å². The minimum atomic E-state index is -0.417. The van der Waals surface area contributed by atoms with E-state index in [0.29, 0.717) is 0 Å². The second-order valence-corrected chi connectivity index (χ2v) is 7.97. The predicted octanol–water partition coefficient (Wildman–Crippen LogP) is 5.83. The van der Waals surface area contributed by atoms with E-state index in [1.807, 2.05) is 105 Å². The van der Waals surface area contributed by atoms with Crippen LogP contribution >= 0.6 is 0 Å². The Morgan fingerprint density at radius 3 is 1.47 bits per heavy atom. The molecule has 164 valence electrons. The van der Waals surface area contributed by atoms with Gasteiger partial charge in [0.05, 0.1) is 17.1 Å². The summed E-state index contributed by atoms with van der Waals surface area (Å²) in [5, 5.41) is 14.6. The molecule has 3 heterocycles. The van der Waals surface area contributed by atoms with E-state index in [1.165, 1.54) is 0 Å². The van der Waals surface area contributed by atoms with Gasteiger partial charge in [0.15, 0.2) is 0 Å². The van der Waals surface area contributed by atoms with Crippen molar-refractivity contribution in [3.8, 4) is 33.8 Å². The number of rotatable bonds is 6. The lowest BCUT2D eigenvalue weighted by molar-refractivity contribution is 0.288. The van der Waals surface area contributed by atoms with Crippen molar-refractivity contribution in [2.45, 2.75) is 6.29 Å². The molecule has 6 heteroatoms. The number of nitrogens with zero attached hydrogens (tertiary/aromatic N) is 6. The maximum Gasteiger partial charge on any atom is 0.238 e. The van der Waals surface area contributed by atoms with Gasteiger partial charge in [-0.25, -0.2) is 14.0 Å². The van der Waals surface area contributed by atoms with Crippen molar-refractivity contribution in [1.29, 1.82) is 0 Å². The van der Waals surface area contributed by atoms with E-state index < -0.39 is 6.29 Å². The van der Waals surface area contributed by atoms with E-state index in [2.05, 4.69) is 36.4 Å². The molecule has 0 radical (unpaired) electrons. The maximum atomic E-state index is 4.92. The highest BCUT2D eigenvalue weighted by Gasteiger charge is 2.22. The fourth-order valence-corrected chi connectivity index (χ4v) is 4.14. The van der Waals surface area contributed by atoms with Crippen LogP contribution in [0, 0.1) is 0 Å². The molecule has 6 rings (SSSR count). The molecule has 0 bridgehead atoms. The molecule has 0 atom stereocenters. The van der Waals surface area contributed by atoms with Gasteiger partial charge in [0, 0.05) is 29.7 Å². The molecule has 0 saturated carbocycles. The van der Waals surface area contributed by atoms with Gasteiger partial charge in [0.2, 0.25) is 6.29 Å². The van der Waals surface area contributed by atoms with E-state index in [0.717, 1.165) is 33.8 Å². The van der Waals surface area contributed by atoms with E-state index in [4.69, 9.17) is 15.3 Å². The van der Waals surface area contributed by atoms with Gasteiger partial charge in [-0.15, -0.1) is 0 Å². The summed E-state index contributed by atoms with van der Waals surface area (Å²) in [7, 11) is 0. The van der Waals surface area contributed by atoms with E-state index in [1.54, 1.807) is 0 Å². The largest absolute Gasteiger partial charge is 0.238 e. The molecule has 0 spiro atoms. The van der Waals surface area contributed by atoms with Crippen LogP contribution in [0.3, 0.4) is 0 Å². The highest BCUT2D eigenvalue weighted by Crippen LogP contribution is 2.26. The molecule has 34 heavy (non-hydrogen) atoms. The summed E-state index contributed by atoms with van der Waals surface area (Å²) in [6.07, 6.45) is 5.36. The second kappa shape index (κ2) is 8.67. The zero-order valence-corrected chi connectivity index (χ0v) is 18.4. The standard InChI is InChI=1S/C28H22N6/c1-4-10-22(11-5-1)25-17-20-32(30-25)28(33-21-18-26(31-33)23-12-6-2-7-13-23)34-27(16-19-29-34)24-14-8-3-9-15-24/h1-21,28H. The second-order valence-electron chi connectivity index (χ2n) is 7.97. The highest BCUT2D eigenvalue weighted by atomic mass is 15.6. The molecule has 0 aliphatic heterocycles. The Bertz CT molecular complexity index is 1420. The predicted molar refractivity (Wildman–Crippen MR) is 133 cm³/mol. The van der Waals surface area contributed by atoms with Crippen LogP contribution in [0.4, 0.5) is 0 Å². The normalized spacial score (nSPS) is 11.2. The summed E-state index contributed by atoms with van der Waals surface area (Å²) >= 11 is 0. The van der Waals surface area contributed by atoms with E-state index in [-0.39, 0.29) is 0 Å². The van der Waals surface area contributed by atoms with Crippen molar-refractivity contribution in [3.05, 3.63) is 128 Å². The molecule has 0 N–H and O–H groups in total. The first-order valence-electron chi connectivity index (χ1n) is 11.2. The molecule has 3 aromatic carbocycles. The molecule has 6 nitrogen and oxygen atoms in total. The Morgan fingerprint density at radius 2 is 0.971 bits per heavy atom. The molecule has 0 amide bonds. The quantitative estimate of drug-likeness (QED) is 0.326. The van der Waals surface area contributed by atoms with Crippen molar-refractivity contribution in [2.75, 3.05) is 0 Å². The molecule has 6 aromatic rings. The smallest absolute Gasteiger partial charge is 0.227 e. The van der Waals surface area contributed by atoms with Gasteiger partial charge >= 0.3 is 0 Å². The van der Waals surface area contributed by atoms with Crippen molar-refractivity contribution < 1.29 is 0 Å². The first-order chi connectivity index (χ1) is 16.9. The number of aromatic nitrogens is 6. The lowest BCUT2D eigenvalue weighted by atomic mass is 10.1. The Balaban J connectivity index is 1.48. The molecule has 3 aromatic heterocycles. The Morgan fingerprint density at radius 1 is 0.500 bits per heavy atom. The van der Waals surface area contributed by atoms with Gasteiger partial charge in [-0.2, -0.15) is 15.3 Å². The summed E-state index contributed by atoms with van der Waals surface area (Å²) in [4.78, 5) is 0. The van der Waals surface area contributed by atoms with E-state index >= 15 is 0 Å². The topological polar surface area (TPSA) is 53.5 Å². The van der Waals surface area contributed by atoms with Crippen LogP contribution in [0.5, 0.6) is 0 Å². The third-order valence-corrected chi connectivity index (χ3v) is 5.79. The Kier molecular flexibility index (Phi) is 5.09. The lowest BCUT2D eigenvalue weighted by Crippen LogP contribution is -2.28. The number of hydrogen-bond acceptors (Lipinski definition) is 3. The van der Waals surface area contributed by atoms with Crippen LogP contribution in [-0.4, -0.2) is 29.3 Å². The first-order valence-corrected chi connectivity index (χ1v) is 11.2. The average Bonchev–Trinajstić information content (AvgIpc) is 3.68. The number of hydrogen-bond donors (Lipinski definition) is 0. The van der Waals surface area contributed by atoms with Crippen molar-refractivity contribution in [1.82, 2.24) is 29.3 Å². The van der Waals surface area contributed by atoms with Crippen molar-refractivity contribution in [3.63, 3.8) is 0 Å². The minimum Gasteiger partial charge on any atom is -0.227 e. The Labute approximate surface area is 197 Å². The monoisotopic (exact) mass is 442 g/mol. The summed E-state index contributed by atoms with van der Waals surface area (Å²) in [6, 6.07) is 36.7. The summed E-state index contributed by atoms with van der Waals surface area (Å²) in [5.74, 6) is 0. The van der Waals surface area contributed by atoms with Crippen LogP contribution in [0.1, 0.15) is 6.29 Å². The average molecular weight is 443 g/mol. The minimum absolute atomic E-state index is 0.417. The van der Waals surface area contributed by atoms with Gasteiger partial charge in [0.1, 0.15) is 0 Å². The molecular formula is C28H22N6. The van der Waals surface area contributed by atoms with Gasteiger partial charge in [-0.3, -0.25) is 0 Å². The summed E-state index contributed by atoms with van der Waals surface area (Å²) < 4.78 is 5.77. The maximum absolute atomic E-state index is 4.92. The molecule has 0 fully saturated rings. The molecule has 0 aliphatic carbocycles. The SMILES string of the molecule is c1ccc(-c2ccn(C(n3ccc(-c4ccccc4)n3)n3nccc3-c3ccccc3)n2)cc1. The zero-order valence-electron chi connectivity index (χ0n) is 18.4. The summed E-state index contributed by atoms with van der Waals surface area (Å²) in [5.41, 5.74) is 5.99. The van der Waals surface area contributed by atoms with Gasteiger partial charge < -0.3 is 0 Å². The zero-order chi connectivity index (χ0) is 22.7. The van der Waals surface area contributed by atoms with Gasteiger partial charge in [-0.05, 0) is 23.8 Å². The highest BCUT2D eigenvalue weighted by molar-refractivity contribution is 5.60. The first kappa shape index (κ1) is 19.9. The Hall–Kier alpha value is -4.71. The third kappa shape index (κ3) is 3.71. The van der Waals surface area contributed by atoms with E-state index in [9.17, 15) is 0 Å². The van der Waals surface area contributed by atoms with Crippen LogP contribution in [0.2, 0.25) is 0 Å². The fraction of sp³-hybridized carbons (Fsp3) is 0.0357. The molecule has 0 unspecified atom stereocenters. The molecule has 0 aliphatic rings. The van der Waals surface area contributed by atoms with Crippen LogP contribution < -0.4 is 0 Å². The fourth-order valence-electron chi connectivity index (χ4n) is 4.14. The van der Waals surface area contributed by atoms with Crippen molar-refractivity contribution >= 4 is 0 Å². The lowest BCUT2D eigenvalue weighted by Gasteiger charge is -2.21. The van der Waals surface area contributed by atoms with Crippen LogP contribution in [0.15, 0.2) is 128 Å². The third-order valence-electron chi connectivity index (χ3n) is 5.79.